The first kappa shape index (κ1) is 26.7. The lowest BCUT2D eigenvalue weighted by molar-refractivity contribution is 0.103. The van der Waals surface area contributed by atoms with Crippen LogP contribution in [-0.4, -0.2) is 20.5 Å². The molecule has 0 fully saturated rings. The van der Waals surface area contributed by atoms with E-state index >= 15 is 0 Å². The Morgan fingerprint density at radius 3 is 2.10 bits per heavy atom. The van der Waals surface area contributed by atoms with Crippen molar-refractivity contribution in [1.29, 1.82) is 0 Å². The van der Waals surface area contributed by atoms with Gasteiger partial charge in [0.1, 0.15) is 5.54 Å². The molecular weight excluding hydrogens is 526 g/mol. The third-order valence-corrected chi connectivity index (χ3v) is 8.03. The lowest BCUT2D eigenvalue weighted by atomic mass is 9.72. The van der Waals surface area contributed by atoms with Crippen molar-refractivity contribution in [3.63, 3.8) is 0 Å². The molecule has 0 spiro atoms. The number of aromatic nitrogens is 3. The molecule has 0 saturated carbocycles. The van der Waals surface area contributed by atoms with Gasteiger partial charge in [-0.05, 0) is 72.4 Å². The summed E-state index contributed by atoms with van der Waals surface area (Å²) in [6.07, 6.45) is 11.3. The maximum absolute atomic E-state index is 13.0. The van der Waals surface area contributed by atoms with Crippen molar-refractivity contribution < 1.29 is 4.79 Å². The molecule has 0 amide bonds. The molecule has 0 radical (unpaired) electrons. The summed E-state index contributed by atoms with van der Waals surface area (Å²) in [6.45, 7) is 4.26. The van der Waals surface area contributed by atoms with Crippen LogP contribution in [0.3, 0.4) is 0 Å². The number of hydrogen-bond donors (Lipinski definition) is 0. The summed E-state index contributed by atoms with van der Waals surface area (Å²) in [5.41, 5.74) is 6.58. The fraction of sp³-hybridized carbons (Fsp3) is 0.139. The molecule has 1 aliphatic carbocycles. The quantitative estimate of drug-likeness (QED) is 0.189. The highest BCUT2D eigenvalue weighted by Gasteiger charge is 2.42. The average molecular weight is 556 g/mol. The number of carbonyl (C=O) groups is 1. The highest BCUT2D eigenvalue weighted by Crippen LogP contribution is 2.45. The normalized spacial score (nSPS) is 15.0. The Morgan fingerprint density at radius 1 is 0.878 bits per heavy atom. The largest absolute Gasteiger partial charge is 0.289 e. The number of nitrogens with zero attached hydrogens (tertiary/aromatic N) is 3. The molecule has 2 heterocycles. The van der Waals surface area contributed by atoms with Gasteiger partial charge in [-0.25, -0.2) is 0 Å². The van der Waals surface area contributed by atoms with Crippen LogP contribution in [0.15, 0.2) is 133 Å². The minimum absolute atomic E-state index is 0.0910. The van der Waals surface area contributed by atoms with Crippen molar-refractivity contribution in [2.45, 2.75) is 25.8 Å². The summed E-state index contributed by atoms with van der Waals surface area (Å²) >= 11 is 6.00. The zero-order chi connectivity index (χ0) is 28.4. The second-order valence-electron chi connectivity index (χ2n) is 10.5. The number of rotatable bonds is 7. The first-order chi connectivity index (χ1) is 20.0. The van der Waals surface area contributed by atoms with Gasteiger partial charge in [0.2, 0.25) is 0 Å². The summed E-state index contributed by atoms with van der Waals surface area (Å²) in [4.78, 5) is 17.7. The van der Waals surface area contributed by atoms with Gasteiger partial charge in [0.15, 0.2) is 5.78 Å². The maximum atomic E-state index is 13.0. The fourth-order valence-electron chi connectivity index (χ4n) is 5.76. The number of hydrogen-bond acceptors (Lipinski definition) is 3. The van der Waals surface area contributed by atoms with Gasteiger partial charge in [-0.15, -0.1) is 0 Å². The number of pyridine rings is 1. The topological polar surface area (TPSA) is 47.8 Å². The van der Waals surface area contributed by atoms with Gasteiger partial charge in [0.05, 0.1) is 11.4 Å². The Hall–Kier alpha value is -4.54. The van der Waals surface area contributed by atoms with Crippen LogP contribution in [0.2, 0.25) is 5.02 Å². The Kier molecular flexibility index (Phi) is 7.25. The standard InChI is InChI=1S/C36H30ClN3O/c1-25-10-9-15-31(22-25)36(29-11-5-3-6-12-29,30-13-7-4-8-14-30)40-24-33(26(2)39-40)34-21-18-28(23-38-34)35(41)27-16-19-32(37)20-17-27/h3-21,23-25H,22H2,1-2H3. The van der Waals surface area contributed by atoms with Crippen LogP contribution in [-0.2, 0) is 5.54 Å². The van der Waals surface area contributed by atoms with Crippen LogP contribution in [0.4, 0.5) is 0 Å². The van der Waals surface area contributed by atoms with Gasteiger partial charge in [-0.1, -0.05) is 97.4 Å². The molecule has 1 aliphatic rings. The van der Waals surface area contributed by atoms with Crippen molar-refractivity contribution >= 4 is 17.4 Å². The molecule has 1 unspecified atom stereocenters. The Balaban J connectivity index is 1.47. The minimum atomic E-state index is -0.644. The molecule has 5 heteroatoms. The maximum Gasteiger partial charge on any atom is 0.194 e. The second kappa shape index (κ2) is 11.1. The van der Waals surface area contributed by atoms with E-state index in [2.05, 4.69) is 84.6 Å². The predicted octanol–water partition coefficient (Wildman–Crippen LogP) is 8.45. The summed E-state index contributed by atoms with van der Waals surface area (Å²) in [5.74, 6) is 0.317. The zero-order valence-electron chi connectivity index (χ0n) is 23.0. The van der Waals surface area contributed by atoms with Gasteiger partial charge < -0.3 is 0 Å². The van der Waals surface area contributed by atoms with Crippen LogP contribution >= 0.6 is 11.6 Å². The van der Waals surface area contributed by atoms with Crippen LogP contribution in [0, 0.1) is 12.8 Å². The van der Waals surface area contributed by atoms with E-state index < -0.39 is 5.54 Å². The van der Waals surface area contributed by atoms with E-state index in [1.165, 1.54) is 5.57 Å². The number of benzene rings is 3. The van der Waals surface area contributed by atoms with Crippen LogP contribution in [0.25, 0.3) is 11.3 Å². The summed E-state index contributed by atoms with van der Waals surface area (Å²) < 4.78 is 2.11. The Bertz CT molecular complexity index is 1700. The van der Waals surface area contributed by atoms with Crippen molar-refractivity contribution in [2.24, 2.45) is 5.92 Å². The SMILES string of the molecule is Cc1nn(C(C2=CC=CC(C)C2)(c2ccccc2)c2ccccc2)cc1-c1ccc(C(=O)c2ccc(Cl)cc2)cn1. The first-order valence-electron chi connectivity index (χ1n) is 13.8. The molecule has 5 aromatic rings. The van der Waals surface area contributed by atoms with E-state index in [-0.39, 0.29) is 5.78 Å². The fourth-order valence-corrected chi connectivity index (χ4v) is 5.89. The summed E-state index contributed by atoms with van der Waals surface area (Å²) in [6, 6.07) is 31.8. The molecule has 6 rings (SSSR count). The Labute approximate surface area is 245 Å². The summed E-state index contributed by atoms with van der Waals surface area (Å²) in [7, 11) is 0. The smallest absolute Gasteiger partial charge is 0.194 e. The van der Waals surface area contributed by atoms with Gasteiger partial charge in [0, 0.05) is 34.1 Å². The number of carbonyl (C=O) groups excluding carboxylic acids is 1. The zero-order valence-corrected chi connectivity index (χ0v) is 23.8. The van der Waals surface area contributed by atoms with E-state index in [0.717, 1.165) is 34.5 Å². The molecule has 1 atom stereocenters. The van der Waals surface area contributed by atoms with Crippen LogP contribution < -0.4 is 0 Å². The monoisotopic (exact) mass is 555 g/mol. The van der Waals surface area contributed by atoms with Crippen molar-refractivity contribution in [2.75, 3.05) is 0 Å². The molecule has 2 aromatic heterocycles. The van der Waals surface area contributed by atoms with Gasteiger partial charge in [-0.2, -0.15) is 5.10 Å². The van der Waals surface area contributed by atoms with Crippen molar-refractivity contribution in [3.05, 3.63) is 166 Å². The minimum Gasteiger partial charge on any atom is -0.289 e. The highest BCUT2D eigenvalue weighted by molar-refractivity contribution is 6.30. The molecule has 0 N–H and O–H groups in total. The van der Waals surface area contributed by atoms with E-state index in [0.29, 0.717) is 22.1 Å². The highest BCUT2D eigenvalue weighted by atomic mass is 35.5. The number of allylic oxidation sites excluding steroid dienone is 4. The number of aryl methyl sites for hydroxylation is 1. The van der Waals surface area contributed by atoms with Crippen LogP contribution in [0.1, 0.15) is 46.1 Å². The number of ketones is 1. The molecule has 202 valence electrons. The first-order valence-corrected chi connectivity index (χ1v) is 14.2. The van der Waals surface area contributed by atoms with Gasteiger partial charge in [0.25, 0.3) is 0 Å². The van der Waals surface area contributed by atoms with E-state index in [4.69, 9.17) is 21.7 Å². The van der Waals surface area contributed by atoms with Crippen LogP contribution in [0.5, 0.6) is 0 Å². The molecule has 0 aliphatic heterocycles. The van der Waals surface area contributed by atoms with Crippen molar-refractivity contribution in [1.82, 2.24) is 14.8 Å². The molecule has 41 heavy (non-hydrogen) atoms. The van der Waals surface area contributed by atoms with Gasteiger partial charge >= 0.3 is 0 Å². The van der Waals surface area contributed by atoms with Gasteiger partial charge in [-0.3, -0.25) is 14.5 Å². The third-order valence-electron chi connectivity index (χ3n) is 7.78. The predicted molar refractivity (Wildman–Crippen MR) is 165 cm³/mol. The lowest BCUT2D eigenvalue weighted by Gasteiger charge is -2.39. The molecular formula is C36H30ClN3O. The Morgan fingerprint density at radius 2 is 1.51 bits per heavy atom. The molecule has 3 aromatic carbocycles. The van der Waals surface area contributed by atoms with E-state index in [9.17, 15) is 4.79 Å². The lowest BCUT2D eigenvalue weighted by Crippen LogP contribution is -2.40. The van der Waals surface area contributed by atoms with E-state index in [1.807, 2.05) is 31.2 Å². The molecule has 0 bridgehead atoms. The second-order valence-corrected chi connectivity index (χ2v) is 11.0. The number of halogens is 1. The third kappa shape index (κ3) is 4.96. The molecule has 4 nitrogen and oxygen atoms in total. The van der Waals surface area contributed by atoms with Crippen molar-refractivity contribution in [3.8, 4) is 11.3 Å². The molecule has 0 saturated heterocycles. The average Bonchev–Trinajstić information content (AvgIpc) is 3.40. The summed E-state index contributed by atoms with van der Waals surface area (Å²) in [5, 5.41) is 5.75. The van der Waals surface area contributed by atoms with E-state index in [1.54, 1.807) is 30.5 Å².